The summed E-state index contributed by atoms with van der Waals surface area (Å²) in [5.41, 5.74) is 5.61. The van der Waals surface area contributed by atoms with Crippen LogP contribution in [0.15, 0.2) is 6.20 Å². The molecule has 2 aromatic rings. The summed E-state index contributed by atoms with van der Waals surface area (Å²) < 4.78 is 1.52. The van der Waals surface area contributed by atoms with Crippen LogP contribution in [0.3, 0.4) is 0 Å². The standard InChI is InChI=1S/C9H13N7OS/c1-2-7-13-14-9(18-7)11-8(17)6-5-16(4-3-10)15-12-6/h5H,2-4,10H2,1H3,(H,11,14,17). The smallest absolute Gasteiger partial charge is 0.279 e. The molecular formula is C9H13N7OS. The van der Waals surface area contributed by atoms with Gasteiger partial charge >= 0.3 is 0 Å². The summed E-state index contributed by atoms with van der Waals surface area (Å²) in [4.78, 5) is 11.8. The zero-order valence-electron chi connectivity index (χ0n) is 9.83. The average molecular weight is 267 g/mol. The first kappa shape index (κ1) is 12.6. The fraction of sp³-hybridized carbons (Fsp3) is 0.444. The van der Waals surface area contributed by atoms with Gasteiger partial charge in [-0.2, -0.15) is 0 Å². The van der Waals surface area contributed by atoms with E-state index in [0.29, 0.717) is 18.2 Å². The molecular weight excluding hydrogens is 254 g/mol. The van der Waals surface area contributed by atoms with Crippen molar-refractivity contribution in [2.75, 3.05) is 11.9 Å². The molecule has 0 aliphatic rings. The summed E-state index contributed by atoms with van der Waals surface area (Å²) in [5, 5.41) is 19.3. The fourth-order valence-corrected chi connectivity index (χ4v) is 1.93. The predicted molar refractivity (Wildman–Crippen MR) is 66.3 cm³/mol. The Morgan fingerprint density at radius 3 is 3.00 bits per heavy atom. The molecule has 0 saturated heterocycles. The summed E-state index contributed by atoms with van der Waals surface area (Å²) in [5.74, 6) is -0.350. The van der Waals surface area contributed by atoms with E-state index in [1.165, 1.54) is 16.0 Å². The van der Waals surface area contributed by atoms with E-state index in [2.05, 4.69) is 25.8 Å². The molecule has 0 aliphatic carbocycles. The predicted octanol–water partition coefficient (Wildman–Crippen LogP) is -0.0970. The normalized spacial score (nSPS) is 10.6. The summed E-state index contributed by atoms with van der Waals surface area (Å²) in [7, 11) is 0. The summed E-state index contributed by atoms with van der Waals surface area (Å²) in [6.45, 7) is 2.95. The van der Waals surface area contributed by atoms with Crippen molar-refractivity contribution >= 4 is 22.4 Å². The van der Waals surface area contributed by atoms with Gasteiger partial charge in [0.25, 0.3) is 5.91 Å². The third-order valence-corrected chi connectivity index (χ3v) is 3.10. The van der Waals surface area contributed by atoms with Crippen LogP contribution in [0.25, 0.3) is 0 Å². The van der Waals surface area contributed by atoms with Crippen molar-refractivity contribution in [3.63, 3.8) is 0 Å². The number of hydrogen-bond donors (Lipinski definition) is 2. The molecule has 96 valence electrons. The van der Waals surface area contributed by atoms with Gasteiger partial charge in [-0.15, -0.1) is 15.3 Å². The Morgan fingerprint density at radius 1 is 1.50 bits per heavy atom. The van der Waals surface area contributed by atoms with Crippen LogP contribution in [0.2, 0.25) is 0 Å². The second-order valence-electron chi connectivity index (χ2n) is 3.46. The van der Waals surface area contributed by atoms with Crippen LogP contribution in [0.1, 0.15) is 22.4 Å². The van der Waals surface area contributed by atoms with E-state index in [9.17, 15) is 4.79 Å². The number of aryl methyl sites for hydroxylation is 1. The Bertz CT molecular complexity index is 535. The lowest BCUT2D eigenvalue weighted by molar-refractivity contribution is 0.102. The molecule has 18 heavy (non-hydrogen) atoms. The number of amides is 1. The third kappa shape index (κ3) is 2.87. The number of rotatable bonds is 5. The van der Waals surface area contributed by atoms with Gasteiger partial charge in [-0.25, -0.2) is 0 Å². The Morgan fingerprint density at radius 2 is 2.33 bits per heavy atom. The van der Waals surface area contributed by atoms with Crippen LogP contribution in [0, 0.1) is 0 Å². The molecule has 0 atom stereocenters. The Hall–Kier alpha value is -1.87. The number of carbonyl (C=O) groups is 1. The van der Waals surface area contributed by atoms with Crippen molar-refractivity contribution in [2.45, 2.75) is 19.9 Å². The molecule has 0 bridgehead atoms. The third-order valence-electron chi connectivity index (χ3n) is 2.12. The van der Waals surface area contributed by atoms with Crippen LogP contribution in [0.5, 0.6) is 0 Å². The summed E-state index contributed by atoms with van der Waals surface area (Å²) in [6.07, 6.45) is 2.34. The van der Waals surface area contributed by atoms with Gasteiger partial charge in [-0.1, -0.05) is 23.5 Å². The van der Waals surface area contributed by atoms with Crippen molar-refractivity contribution in [3.8, 4) is 0 Å². The second kappa shape index (κ2) is 5.65. The number of hydrogen-bond acceptors (Lipinski definition) is 7. The number of nitrogens with one attached hydrogen (secondary N) is 1. The quantitative estimate of drug-likeness (QED) is 0.782. The molecule has 0 spiro atoms. The lowest BCUT2D eigenvalue weighted by Crippen LogP contribution is -2.12. The molecule has 1 amide bonds. The first-order valence-corrected chi connectivity index (χ1v) is 6.28. The lowest BCUT2D eigenvalue weighted by atomic mass is 10.4. The van der Waals surface area contributed by atoms with Crippen LogP contribution in [-0.2, 0) is 13.0 Å². The van der Waals surface area contributed by atoms with Crippen molar-refractivity contribution in [1.82, 2.24) is 25.2 Å². The molecule has 2 aromatic heterocycles. The molecule has 3 N–H and O–H groups in total. The van der Waals surface area contributed by atoms with Crippen LogP contribution >= 0.6 is 11.3 Å². The number of nitrogens with zero attached hydrogens (tertiary/aromatic N) is 5. The fourth-order valence-electron chi connectivity index (χ4n) is 1.25. The minimum Gasteiger partial charge on any atom is -0.329 e. The van der Waals surface area contributed by atoms with Gasteiger partial charge in [0.2, 0.25) is 5.13 Å². The maximum absolute atomic E-state index is 11.8. The van der Waals surface area contributed by atoms with Gasteiger partial charge < -0.3 is 5.73 Å². The van der Waals surface area contributed by atoms with Gasteiger partial charge in [0.05, 0.1) is 12.7 Å². The molecule has 0 radical (unpaired) electrons. The molecule has 0 aromatic carbocycles. The first-order valence-electron chi connectivity index (χ1n) is 5.47. The van der Waals surface area contributed by atoms with Crippen molar-refractivity contribution in [3.05, 3.63) is 16.9 Å². The summed E-state index contributed by atoms with van der Waals surface area (Å²) >= 11 is 1.34. The Balaban J connectivity index is 2.02. The van der Waals surface area contributed by atoms with Crippen LogP contribution < -0.4 is 11.1 Å². The number of aromatic nitrogens is 5. The lowest BCUT2D eigenvalue weighted by Gasteiger charge is -1.95. The van der Waals surface area contributed by atoms with E-state index in [1.807, 2.05) is 6.92 Å². The number of anilines is 1. The number of carbonyl (C=O) groups excluding carboxylic acids is 1. The van der Waals surface area contributed by atoms with E-state index in [0.717, 1.165) is 11.4 Å². The highest BCUT2D eigenvalue weighted by Gasteiger charge is 2.13. The van der Waals surface area contributed by atoms with Crippen LogP contribution in [-0.4, -0.2) is 37.6 Å². The van der Waals surface area contributed by atoms with Gasteiger partial charge in [0.15, 0.2) is 5.69 Å². The zero-order chi connectivity index (χ0) is 13.0. The molecule has 0 saturated carbocycles. The summed E-state index contributed by atoms with van der Waals surface area (Å²) in [6, 6.07) is 0. The molecule has 2 rings (SSSR count). The molecule has 9 heteroatoms. The van der Waals surface area contributed by atoms with Crippen LogP contribution in [0.4, 0.5) is 5.13 Å². The van der Waals surface area contributed by atoms with Crippen molar-refractivity contribution in [1.29, 1.82) is 0 Å². The van der Waals surface area contributed by atoms with Gasteiger partial charge in [0.1, 0.15) is 5.01 Å². The Labute approximate surface area is 107 Å². The van der Waals surface area contributed by atoms with E-state index >= 15 is 0 Å². The van der Waals surface area contributed by atoms with Gasteiger partial charge in [0, 0.05) is 6.54 Å². The molecule has 8 nitrogen and oxygen atoms in total. The monoisotopic (exact) mass is 267 g/mol. The first-order chi connectivity index (χ1) is 8.72. The molecule has 0 fully saturated rings. The van der Waals surface area contributed by atoms with E-state index < -0.39 is 0 Å². The highest BCUT2D eigenvalue weighted by molar-refractivity contribution is 7.15. The maximum atomic E-state index is 11.8. The minimum absolute atomic E-state index is 0.233. The molecule has 0 aliphatic heterocycles. The maximum Gasteiger partial charge on any atom is 0.279 e. The highest BCUT2D eigenvalue weighted by Crippen LogP contribution is 2.15. The zero-order valence-corrected chi connectivity index (χ0v) is 10.6. The van der Waals surface area contributed by atoms with E-state index in [-0.39, 0.29) is 11.6 Å². The molecule has 2 heterocycles. The van der Waals surface area contributed by atoms with Gasteiger partial charge in [-0.3, -0.25) is 14.8 Å². The largest absolute Gasteiger partial charge is 0.329 e. The molecule has 0 unspecified atom stereocenters. The van der Waals surface area contributed by atoms with E-state index in [1.54, 1.807) is 6.20 Å². The highest BCUT2D eigenvalue weighted by atomic mass is 32.1. The SMILES string of the molecule is CCc1nnc(NC(=O)c2cn(CCN)nn2)s1. The average Bonchev–Trinajstić information content (AvgIpc) is 2.98. The van der Waals surface area contributed by atoms with Gasteiger partial charge in [-0.05, 0) is 6.42 Å². The number of nitrogens with two attached hydrogens (primary N) is 1. The van der Waals surface area contributed by atoms with Crippen molar-refractivity contribution in [2.24, 2.45) is 5.73 Å². The topological polar surface area (TPSA) is 112 Å². The Kier molecular flexibility index (Phi) is 3.95. The minimum atomic E-state index is -0.350. The van der Waals surface area contributed by atoms with E-state index in [4.69, 9.17) is 5.73 Å². The second-order valence-corrected chi connectivity index (χ2v) is 4.53. The van der Waals surface area contributed by atoms with Crippen molar-refractivity contribution < 1.29 is 4.79 Å².